The number of carbonyl (C=O) groups is 2. The number of anilines is 4. The molecule has 3 N–H and O–H groups in total. The zero-order valence-electron chi connectivity index (χ0n) is 23.4. The SMILES string of the molecule is CC[C@@H]1C(=O)N(C)c2cnc(Nc3ccc(C(=O)NC4CCN(C)CC4)cc3OC)nc2N1C1CCNCC1. The number of benzene rings is 1. The average molecular weight is 537 g/mol. The lowest BCUT2D eigenvalue weighted by Gasteiger charge is -2.45. The van der Waals surface area contributed by atoms with Gasteiger partial charge in [0.1, 0.15) is 17.5 Å². The highest BCUT2D eigenvalue weighted by Gasteiger charge is 2.40. The Balaban J connectivity index is 1.38. The summed E-state index contributed by atoms with van der Waals surface area (Å²) in [6, 6.07) is 5.50. The quantitative estimate of drug-likeness (QED) is 0.491. The number of aromatic nitrogens is 2. The van der Waals surface area contributed by atoms with Crippen LogP contribution in [0.5, 0.6) is 5.75 Å². The smallest absolute Gasteiger partial charge is 0.251 e. The molecule has 4 heterocycles. The van der Waals surface area contributed by atoms with Gasteiger partial charge in [0.25, 0.3) is 5.91 Å². The molecule has 2 aromatic rings. The van der Waals surface area contributed by atoms with E-state index in [0.29, 0.717) is 35.1 Å². The summed E-state index contributed by atoms with van der Waals surface area (Å²) in [5, 5.41) is 9.85. The van der Waals surface area contributed by atoms with Gasteiger partial charge in [-0.1, -0.05) is 6.92 Å². The molecule has 1 atom stereocenters. The number of likely N-dealkylation sites (tertiary alicyclic amines) is 1. The average Bonchev–Trinajstić information content (AvgIpc) is 2.96. The predicted molar refractivity (Wildman–Crippen MR) is 152 cm³/mol. The van der Waals surface area contributed by atoms with Crippen molar-refractivity contribution in [3.05, 3.63) is 30.0 Å². The molecule has 1 aromatic carbocycles. The Morgan fingerprint density at radius 2 is 1.90 bits per heavy atom. The van der Waals surface area contributed by atoms with E-state index < -0.39 is 0 Å². The monoisotopic (exact) mass is 536 g/mol. The largest absolute Gasteiger partial charge is 0.495 e. The topological polar surface area (TPSA) is 115 Å². The Morgan fingerprint density at radius 1 is 1.15 bits per heavy atom. The zero-order chi connectivity index (χ0) is 27.5. The van der Waals surface area contributed by atoms with Gasteiger partial charge < -0.3 is 35.4 Å². The summed E-state index contributed by atoms with van der Waals surface area (Å²) >= 11 is 0. The van der Waals surface area contributed by atoms with Gasteiger partial charge in [-0.15, -0.1) is 0 Å². The van der Waals surface area contributed by atoms with Crippen LogP contribution in [0.25, 0.3) is 0 Å². The predicted octanol–water partition coefficient (Wildman–Crippen LogP) is 2.37. The van der Waals surface area contributed by atoms with Gasteiger partial charge in [-0.25, -0.2) is 4.98 Å². The molecule has 2 fully saturated rings. The van der Waals surface area contributed by atoms with Crippen molar-refractivity contribution in [2.24, 2.45) is 0 Å². The molecule has 1 aromatic heterocycles. The first-order chi connectivity index (χ1) is 18.9. The molecular weight excluding hydrogens is 496 g/mol. The first-order valence-corrected chi connectivity index (χ1v) is 14.0. The molecule has 0 saturated carbocycles. The Bertz CT molecular complexity index is 1190. The normalized spacial score (nSPS) is 21.0. The number of fused-ring (bicyclic) bond motifs is 1. The van der Waals surface area contributed by atoms with Crippen LogP contribution in [-0.4, -0.2) is 92.2 Å². The number of ether oxygens (including phenoxy) is 1. The maximum atomic E-state index is 13.2. The van der Waals surface area contributed by atoms with E-state index >= 15 is 0 Å². The first kappa shape index (κ1) is 27.1. The fourth-order valence-corrected chi connectivity index (χ4v) is 5.82. The molecule has 0 unspecified atom stereocenters. The summed E-state index contributed by atoms with van der Waals surface area (Å²) in [7, 11) is 5.47. The summed E-state index contributed by atoms with van der Waals surface area (Å²) in [5.41, 5.74) is 1.92. The van der Waals surface area contributed by atoms with E-state index in [-0.39, 0.29) is 29.9 Å². The van der Waals surface area contributed by atoms with E-state index in [1.54, 1.807) is 37.4 Å². The van der Waals surface area contributed by atoms with E-state index in [9.17, 15) is 9.59 Å². The van der Waals surface area contributed by atoms with Gasteiger partial charge in [0.15, 0.2) is 5.82 Å². The summed E-state index contributed by atoms with van der Waals surface area (Å²) in [5.74, 6) is 1.67. The fraction of sp³-hybridized carbons (Fsp3) is 0.571. The number of nitrogens with zero attached hydrogens (tertiary/aromatic N) is 5. The lowest BCUT2D eigenvalue weighted by atomic mass is 9.98. The molecule has 2 saturated heterocycles. The third kappa shape index (κ3) is 5.65. The van der Waals surface area contributed by atoms with Gasteiger partial charge in [0.05, 0.1) is 19.0 Å². The third-order valence-electron chi connectivity index (χ3n) is 8.16. The second-order valence-electron chi connectivity index (χ2n) is 10.7. The standard InChI is InChI=1S/C28H40N8O3/c1-5-22-27(38)35(3)23-17-30-28(33-25(23)36(22)20-8-12-29-13-9-20)32-21-7-6-18(16-24(21)39-4)26(37)31-19-10-14-34(2)15-11-19/h6-7,16-17,19-20,22,29H,5,8-15H2,1-4H3,(H,31,37)(H,30,32,33)/t22-/m1/s1. The molecule has 0 bridgehead atoms. The minimum atomic E-state index is -0.259. The molecule has 11 heteroatoms. The lowest BCUT2D eigenvalue weighted by Crippen LogP contribution is -2.58. The van der Waals surface area contributed by atoms with Gasteiger partial charge in [-0.3, -0.25) is 9.59 Å². The molecular formula is C28H40N8O3. The Morgan fingerprint density at radius 3 is 2.59 bits per heavy atom. The van der Waals surface area contributed by atoms with Crippen LogP contribution in [0, 0.1) is 0 Å². The van der Waals surface area contributed by atoms with E-state index in [1.807, 2.05) is 13.0 Å². The number of methoxy groups -OCH3 is 1. The number of nitrogens with one attached hydrogen (secondary N) is 3. The van der Waals surface area contributed by atoms with Crippen LogP contribution in [0.1, 0.15) is 49.4 Å². The Hall–Kier alpha value is -3.44. The van der Waals surface area contributed by atoms with Crippen LogP contribution in [0.2, 0.25) is 0 Å². The molecule has 0 spiro atoms. The maximum absolute atomic E-state index is 13.2. The summed E-state index contributed by atoms with van der Waals surface area (Å²) in [6.45, 7) is 5.85. The van der Waals surface area contributed by atoms with Gasteiger partial charge in [0, 0.05) is 24.7 Å². The Labute approximate surface area is 230 Å². The van der Waals surface area contributed by atoms with Gasteiger partial charge in [-0.05, 0) is 83.5 Å². The first-order valence-electron chi connectivity index (χ1n) is 14.0. The minimum absolute atomic E-state index is 0.0728. The highest BCUT2D eigenvalue weighted by Crippen LogP contribution is 2.38. The van der Waals surface area contributed by atoms with Gasteiger partial charge in [0.2, 0.25) is 11.9 Å². The number of hydrogen-bond acceptors (Lipinski definition) is 9. The summed E-state index contributed by atoms with van der Waals surface area (Å²) in [6.07, 6.45) is 6.21. The van der Waals surface area contributed by atoms with Crippen molar-refractivity contribution in [1.82, 2.24) is 25.5 Å². The number of rotatable bonds is 7. The minimum Gasteiger partial charge on any atom is -0.495 e. The number of carbonyl (C=O) groups excluding carboxylic acids is 2. The van der Waals surface area contributed by atoms with Crippen LogP contribution in [0.15, 0.2) is 24.4 Å². The van der Waals surface area contributed by atoms with Crippen molar-refractivity contribution in [3.8, 4) is 5.75 Å². The van der Waals surface area contributed by atoms with Crippen molar-refractivity contribution >= 4 is 35.0 Å². The molecule has 2 amide bonds. The molecule has 0 aliphatic carbocycles. The number of piperidine rings is 2. The van der Waals surface area contributed by atoms with Crippen molar-refractivity contribution in [3.63, 3.8) is 0 Å². The Kier molecular flexibility index (Phi) is 8.18. The summed E-state index contributed by atoms with van der Waals surface area (Å²) in [4.78, 5) is 41.7. The van der Waals surface area contributed by atoms with Gasteiger partial charge >= 0.3 is 0 Å². The van der Waals surface area contributed by atoms with Crippen molar-refractivity contribution in [2.45, 2.75) is 57.2 Å². The molecule has 3 aliphatic heterocycles. The second-order valence-corrected chi connectivity index (χ2v) is 10.7. The molecule has 0 radical (unpaired) electrons. The number of amides is 2. The van der Waals surface area contributed by atoms with Crippen LogP contribution in [-0.2, 0) is 4.79 Å². The van der Waals surface area contributed by atoms with Crippen molar-refractivity contribution in [1.29, 1.82) is 0 Å². The van der Waals surface area contributed by atoms with Crippen molar-refractivity contribution in [2.75, 3.05) is 62.5 Å². The van der Waals surface area contributed by atoms with Gasteiger partial charge in [-0.2, -0.15) is 4.98 Å². The number of likely N-dealkylation sites (N-methyl/N-ethyl adjacent to an activating group) is 1. The molecule has 3 aliphatic rings. The zero-order valence-corrected chi connectivity index (χ0v) is 23.4. The van der Waals surface area contributed by atoms with E-state index in [4.69, 9.17) is 9.72 Å². The number of hydrogen-bond donors (Lipinski definition) is 3. The van der Waals surface area contributed by atoms with Crippen molar-refractivity contribution < 1.29 is 14.3 Å². The van der Waals surface area contributed by atoms with Crippen LogP contribution >= 0.6 is 0 Å². The molecule has 5 rings (SSSR count). The van der Waals surface area contributed by atoms with Crippen LogP contribution in [0.3, 0.4) is 0 Å². The van der Waals surface area contributed by atoms with E-state index in [0.717, 1.165) is 57.7 Å². The fourth-order valence-electron chi connectivity index (χ4n) is 5.82. The highest BCUT2D eigenvalue weighted by molar-refractivity contribution is 6.04. The molecule has 11 nitrogen and oxygen atoms in total. The van der Waals surface area contributed by atoms with Crippen LogP contribution in [0.4, 0.5) is 23.1 Å². The van der Waals surface area contributed by atoms with E-state index in [2.05, 4.69) is 37.8 Å². The van der Waals surface area contributed by atoms with E-state index in [1.165, 1.54) is 0 Å². The summed E-state index contributed by atoms with van der Waals surface area (Å²) < 4.78 is 5.63. The second kappa shape index (κ2) is 11.7. The molecule has 210 valence electrons. The molecule has 39 heavy (non-hydrogen) atoms. The third-order valence-corrected chi connectivity index (χ3v) is 8.16. The maximum Gasteiger partial charge on any atom is 0.251 e. The van der Waals surface area contributed by atoms with Crippen LogP contribution < -0.4 is 30.5 Å². The lowest BCUT2D eigenvalue weighted by molar-refractivity contribution is -0.120. The highest BCUT2D eigenvalue weighted by atomic mass is 16.5.